The van der Waals surface area contributed by atoms with E-state index < -0.39 is 0 Å². The van der Waals surface area contributed by atoms with Crippen LogP contribution in [0.25, 0.3) is 10.9 Å². The third kappa shape index (κ3) is 3.04. The Balaban J connectivity index is 1.97. The van der Waals surface area contributed by atoms with Gasteiger partial charge < -0.3 is 15.0 Å². The summed E-state index contributed by atoms with van der Waals surface area (Å²) in [4.78, 5) is 0. The van der Waals surface area contributed by atoms with Gasteiger partial charge in [-0.15, -0.1) is 0 Å². The maximum Gasteiger partial charge on any atom is 0.119 e. The first-order valence-corrected chi connectivity index (χ1v) is 8.59. The zero-order chi connectivity index (χ0) is 17.1. The van der Waals surface area contributed by atoms with Crippen LogP contribution in [0.4, 0.5) is 0 Å². The van der Waals surface area contributed by atoms with Gasteiger partial charge in [0.05, 0.1) is 7.11 Å². The van der Waals surface area contributed by atoms with Crippen LogP contribution < -0.4 is 10.5 Å². The number of aromatic nitrogens is 1. The lowest BCUT2D eigenvalue weighted by atomic mass is 9.89. The lowest BCUT2D eigenvalue weighted by Crippen LogP contribution is -2.16. The van der Waals surface area contributed by atoms with Crippen LogP contribution in [-0.2, 0) is 13.0 Å². The summed E-state index contributed by atoms with van der Waals surface area (Å²) in [5, 5.41) is 1.34. The summed E-state index contributed by atoms with van der Waals surface area (Å²) in [5.74, 6) is 1.21. The van der Waals surface area contributed by atoms with E-state index in [9.17, 15) is 0 Å². The molecule has 24 heavy (non-hydrogen) atoms. The highest BCUT2D eigenvalue weighted by Crippen LogP contribution is 2.30. The smallest absolute Gasteiger partial charge is 0.119 e. The van der Waals surface area contributed by atoms with E-state index in [0.717, 1.165) is 18.7 Å². The van der Waals surface area contributed by atoms with E-state index in [1.807, 2.05) is 6.07 Å². The van der Waals surface area contributed by atoms with E-state index in [0.29, 0.717) is 12.5 Å². The van der Waals surface area contributed by atoms with Gasteiger partial charge in [-0.05, 0) is 61.7 Å². The Kier molecular flexibility index (Phi) is 4.91. The zero-order valence-electron chi connectivity index (χ0n) is 14.8. The minimum absolute atomic E-state index is 0.312. The molecule has 1 heterocycles. The Morgan fingerprint density at radius 3 is 2.62 bits per heavy atom. The summed E-state index contributed by atoms with van der Waals surface area (Å²) in [6, 6.07) is 14.9. The molecule has 2 N–H and O–H groups in total. The van der Waals surface area contributed by atoms with Gasteiger partial charge in [0.1, 0.15) is 5.75 Å². The average Bonchev–Trinajstić information content (AvgIpc) is 2.97. The highest BCUT2D eigenvalue weighted by Gasteiger charge is 2.17. The van der Waals surface area contributed by atoms with E-state index in [1.165, 1.54) is 27.6 Å². The third-order valence-electron chi connectivity index (χ3n) is 4.88. The molecule has 0 saturated carbocycles. The van der Waals surface area contributed by atoms with Gasteiger partial charge in [0, 0.05) is 29.6 Å². The minimum Gasteiger partial charge on any atom is -0.497 e. The fraction of sp³-hybridized carbons (Fsp3) is 0.333. The number of nitrogens with two attached hydrogens (primary N) is 1. The SMILES string of the molecule is CCn1cc(CC(CN)c2ccc(OC)cc2C)c2ccccc21. The minimum atomic E-state index is 0.312. The Hall–Kier alpha value is -2.26. The summed E-state index contributed by atoms with van der Waals surface area (Å²) < 4.78 is 7.64. The molecule has 0 radical (unpaired) electrons. The van der Waals surface area contributed by atoms with Crippen LogP contribution >= 0.6 is 0 Å². The molecule has 3 heteroatoms. The van der Waals surface area contributed by atoms with Gasteiger partial charge in [-0.3, -0.25) is 0 Å². The fourth-order valence-electron chi connectivity index (χ4n) is 3.57. The average molecular weight is 322 g/mol. The predicted molar refractivity (Wildman–Crippen MR) is 101 cm³/mol. The molecule has 2 aromatic carbocycles. The molecule has 0 saturated heterocycles. The summed E-state index contributed by atoms with van der Waals surface area (Å²) >= 11 is 0. The van der Waals surface area contributed by atoms with Crippen molar-refractivity contribution < 1.29 is 4.74 Å². The Morgan fingerprint density at radius 1 is 1.17 bits per heavy atom. The van der Waals surface area contributed by atoms with Crippen molar-refractivity contribution in [3.05, 3.63) is 65.4 Å². The van der Waals surface area contributed by atoms with Crippen molar-refractivity contribution in [2.24, 2.45) is 5.73 Å². The number of aryl methyl sites for hydroxylation is 2. The van der Waals surface area contributed by atoms with Gasteiger partial charge in [0.2, 0.25) is 0 Å². The zero-order valence-corrected chi connectivity index (χ0v) is 14.8. The molecule has 0 aliphatic carbocycles. The van der Waals surface area contributed by atoms with Crippen molar-refractivity contribution in [1.82, 2.24) is 4.57 Å². The molecule has 3 nitrogen and oxygen atoms in total. The second-order valence-corrected chi connectivity index (χ2v) is 6.32. The van der Waals surface area contributed by atoms with E-state index in [1.54, 1.807) is 7.11 Å². The number of para-hydroxylation sites is 1. The molecule has 1 aromatic heterocycles. The van der Waals surface area contributed by atoms with E-state index in [-0.39, 0.29) is 0 Å². The van der Waals surface area contributed by atoms with Crippen molar-refractivity contribution in [3.63, 3.8) is 0 Å². The summed E-state index contributed by atoms with van der Waals surface area (Å²) in [5.41, 5.74) is 11.4. The van der Waals surface area contributed by atoms with Gasteiger partial charge in [0.25, 0.3) is 0 Å². The lowest BCUT2D eigenvalue weighted by molar-refractivity contribution is 0.414. The maximum atomic E-state index is 6.14. The van der Waals surface area contributed by atoms with Gasteiger partial charge in [-0.25, -0.2) is 0 Å². The topological polar surface area (TPSA) is 40.2 Å². The molecule has 126 valence electrons. The normalized spacial score (nSPS) is 12.5. The molecule has 0 spiro atoms. The second-order valence-electron chi connectivity index (χ2n) is 6.32. The van der Waals surface area contributed by atoms with E-state index in [4.69, 9.17) is 10.5 Å². The number of rotatable bonds is 6. The molecular weight excluding hydrogens is 296 g/mol. The first-order valence-electron chi connectivity index (χ1n) is 8.59. The number of hydrogen-bond donors (Lipinski definition) is 1. The molecule has 0 fully saturated rings. The Labute approximate surface area is 144 Å². The van der Waals surface area contributed by atoms with Crippen molar-refractivity contribution >= 4 is 10.9 Å². The lowest BCUT2D eigenvalue weighted by Gasteiger charge is -2.18. The monoisotopic (exact) mass is 322 g/mol. The van der Waals surface area contributed by atoms with E-state index in [2.05, 4.69) is 61.0 Å². The first kappa shape index (κ1) is 16.6. The summed E-state index contributed by atoms with van der Waals surface area (Å²) in [6.45, 7) is 5.94. The number of benzene rings is 2. The van der Waals surface area contributed by atoms with Crippen molar-refractivity contribution in [3.8, 4) is 5.75 Å². The van der Waals surface area contributed by atoms with Gasteiger partial charge in [-0.1, -0.05) is 24.3 Å². The quantitative estimate of drug-likeness (QED) is 0.736. The van der Waals surface area contributed by atoms with Crippen LogP contribution in [0.1, 0.15) is 29.5 Å². The molecule has 0 bridgehead atoms. The highest BCUT2D eigenvalue weighted by atomic mass is 16.5. The molecule has 1 unspecified atom stereocenters. The van der Waals surface area contributed by atoms with Crippen LogP contribution in [0.5, 0.6) is 5.75 Å². The molecular formula is C21H26N2O. The van der Waals surface area contributed by atoms with Gasteiger partial charge >= 0.3 is 0 Å². The number of methoxy groups -OCH3 is 1. The molecule has 3 rings (SSSR count). The predicted octanol–water partition coefficient (Wildman–Crippen LogP) is 4.26. The standard InChI is InChI=1S/C21H26N2O/c1-4-23-14-17(20-7-5-6-8-21(20)23)12-16(13-22)19-10-9-18(24-3)11-15(19)2/h5-11,14,16H,4,12-13,22H2,1-3H3. The van der Waals surface area contributed by atoms with Crippen LogP contribution in [0.15, 0.2) is 48.7 Å². The number of ether oxygens (including phenoxy) is 1. The summed E-state index contributed by atoms with van der Waals surface area (Å²) in [7, 11) is 1.70. The largest absolute Gasteiger partial charge is 0.497 e. The highest BCUT2D eigenvalue weighted by molar-refractivity contribution is 5.84. The second kappa shape index (κ2) is 7.10. The Bertz CT molecular complexity index is 835. The van der Waals surface area contributed by atoms with Crippen LogP contribution in [0.3, 0.4) is 0 Å². The van der Waals surface area contributed by atoms with Crippen LogP contribution in [0, 0.1) is 6.92 Å². The number of nitrogens with zero attached hydrogens (tertiary/aromatic N) is 1. The Morgan fingerprint density at radius 2 is 1.96 bits per heavy atom. The molecule has 0 aliphatic heterocycles. The van der Waals surface area contributed by atoms with Gasteiger partial charge in [-0.2, -0.15) is 0 Å². The molecule has 0 amide bonds. The van der Waals surface area contributed by atoms with E-state index >= 15 is 0 Å². The number of hydrogen-bond acceptors (Lipinski definition) is 2. The van der Waals surface area contributed by atoms with Crippen LogP contribution in [0.2, 0.25) is 0 Å². The molecule has 3 aromatic rings. The first-order chi connectivity index (χ1) is 11.7. The van der Waals surface area contributed by atoms with Crippen molar-refractivity contribution in [2.75, 3.05) is 13.7 Å². The third-order valence-corrected chi connectivity index (χ3v) is 4.88. The molecule has 0 aliphatic rings. The summed E-state index contributed by atoms with van der Waals surface area (Å²) in [6.07, 6.45) is 3.24. The number of fused-ring (bicyclic) bond motifs is 1. The fourth-order valence-corrected chi connectivity index (χ4v) is 3.57. The van der Waals surface area contributed by atoms with Gasteiger partial charge in [0.15, 0.2) is 0 Å². The van der Waals surface area contributed by atoms with Crippen molar-refractivity contribution in [1.29, 1.82) is 0 Å². The maximum absolute atomic E-state index is 6.14. The van der Waals surface area contributed by atoms with Crippen LogP contribution in [-0.4, -0.2) is 18.2 Å². The molecule has 1 atom stereocenters. The van der Waals surface area contributed by atoms with Crippen molar-refractivity contribution in [2.45, 2.75) is 32.7 Å².